The van der Waals surface area contributed by atoms with Gasteiger partial charge in [-0.1, -0.05) is 6.07 Å². The van der Waals surface area contributed by atoms with Gasteiger partial charge in [-0.15, -0.1) is 10.2 Å². The monoisotopic (exact) mass is 437 g/mol. The van der Waals surface area contributed by atoms with E-state index in [2.05, 4.69) is 10.2 Å². The molecule has 0 fully saturated rings. The lowest BCUT2D eigenvalue weighted by Crippen LogP contribution is -2.30. The van der Waals surface area contributed by atoms with Crippen molar-refractivity contribution in [2.75, 3.05) is 27.1 Å². The average molecular weight is 437 g/mol. The summed E-state index contributed by atoms with van der Waals surface area (Å²) in [7, 11) is 1.79. The van der Waals surface area contributed by atoms with Crippen LogP contribution in [0.25, 0.3) is 11.5 Å². The fourth-order valence-corrected chi connectivity index (χ4v) is 3.65. The summed E-state index contributed by atoms with van der Waals surface area (Å²) in [6.07, 6.45) is 0.614. The van der Waals surface area contributed by atoms with E-state index in [1.54, 1.807) is 24.1 Å². The minimum absolute atomic E-state index is 0.0183. The quantitative estimate of drug-likeness (QED) is 0.579. The second kappa shape index (κ2) is 8.41. The Morgan fingerprint density at radius 3 is 2.56 bits per heavy atom. The zero-order chi connectivity index (χ0) is 22.1. The van der Waals surface area contributed by atoms with Gasteiger partial charge in [0.05, 0.1) is 6.04 Å². The number of carbonyl (C=O) groups is 1. The summed E-state index contributed by atoms with van der Waals surface area (Å²) in [5.74, 6) is 3.55. The Bertz CT molecular complexity index is 1140. The van der Waals surface area contributed by atoms with Crippen LogP contribution in [0.4, 0.5) is 0 Å². The Morgan fingerprint density at radius 1 is 0.969 bits per heavy atom. The number of hydrogen-bond donors (Lipinski definition) is 0. The molecular formula is C23H23N3O6. The highest BCUT2D eigenvalue weighted by molar-refractivity contribution is 5.76. The molecule has 32 heavy (non-hydrogen) atoms. The third-order valence-electron chi connectivity index (χ3n) is 5.66. The van der Waals surface area contributed by atoms with Crippen molar-refractivity contribution in [3.05, 3.63) is 47.9 Å². The second-order valence-electron chi connectivity index (χ2n) is 7.65. The molecular weight excluding hydrogens is 414 g/mol. The highest BCUT2D eigenvalue weighted by Crippen LogP contribution is 2.36. The van der Waals surface area contributed by atoms with E-state index < -0.39 is 0 Å². The minimum atomic E-state index is -0.120. The summed E-state index contributed by atoms with van der Waals surface area (Å²) >= 11 is 0. The number of amides is 1. The maximum atomic E-state index is 12.8. The third kappa shape index (κ3) is 3.93. The lowest BCUT2D eigenvalue weighted by atomic mass is 10.1. The molecule has 1 aromatic heterocycles. The van der Waals surface area contributed by atoms with Crippen molar-refractivity contribution in [3.8, 4) is 34.5 Å². The first-order valence-electron chi connectivity index (χ1n) is 10.5. The second-order valence-corrected chi connectivity index (χ2v) is 7.65. The van der Waals surface area contributed by atoms with Crippen molar-refractivity contribution in [1.82, 2.24) is 15.1 Å². The summed E-state index contributed by atoms with van der Waals surface area (Å²) in [5, 5.41) is 8.17. The van der Waals surface area contributed by atoms with Crippen LogP contribution in [0, 0.1) is 0 Å². The predicted molar refractivity (Wildman–Crippen MR) is 113 cm³/mol. The highest BCUT2D eigenvalue weighted by Gasteiger charge is 2.21. The summed E-state index contributed by atoms with van der Waals surface area (Å²) in [4.78, 5) is 14.5. The molecule has 3 heterocycles. The van der Waals surface area contributed by atoms with Crippen LogP contribution in [-0.4, -0.2) is 48.1 Å². The summed E-state index contributed by atoms with van der Waals surface area (Å²) in [6, 6.07) is 11.1. The smallest absolute Gasteiger partial charge is 0.247 e. The molecule has 3 aromatic rings. The number of aromatic nitrogens is 2. The molecule has 1 atom stereocenters. The van der Waals surface area contributed by atoms with Gasteiger partial charge in [0.25, 0.3) is 0 Å². The molecule has 2 aromatic carbocycles. The van der Waals surface area contributed by atoms with Crippen molar-refractivity contribution < 1.29 is 28.2 Å². The van der Waals surface area contributed by atoms with Crippen molar-refractivity contribution in [1.29, 1.82) is 0 Å². The van der Waals surface area contributed by atoms with Crippen molar-refractivity contribution in [3.63, 3.8) is 0 Å². The zero-order valence-electron chi connectivity index (χ0n) is 17.9. The van der Waals surface area contributed by atoms with Gasteiger partial charge < -0.3 is 28.3 Å². The molecule has 0 bridgehead atoms. The van der Waals surface area contributed by atoms with Gasteiger partial charge in [0.1, 0.15) is 13.2 Å². The van der Waals surface area contributed by atoms with Crippen LogP contribution in [0.2, 0.25) is 0 Å². The molecule has 0 unspecified atom stereocenters. The summed E-state index contributed by atoms with van der Waals surface area (Å²) in [5.41, 5.74) is 1.72. The third-order valence-corrected chi connectivity index (χ3v) is 5.66. The van der Waals surface area contributed by atoms with Crippen molar-refractivity contribution >= 4 is 5.91 Å². The normalized spacial score (nSPS) is 14.8. The van der Waals surface area contributed by atoms with Gasteiger partial charge in [0.2, 0.25) is 24.5 Å². The Morgan fingerprint density at radius 2 is 1.69 bits per heavy atom. The number of hydrogen-bond acceptors (Lipinski definition) is 8. The molecule has 0 saturated carbocycles. The van der Waals surface area contributed by atoms with Crippen LogP contribution in [0.3, 0.4) is 0 Å². The number of benzene rings is 2. The van der Waals surface area contributed by atoms with Gasteiger partial charge in [0.15, 0.2) is 23.0 Å². The first-order chi connectivity index (χ1) is 15.6. The van der Waals surface area contributed by atoms with E-state index in [9.17, 15) is 4.79 Å². The van der Waals surface area contributed by atoms with E-state index in [0.717, 1.165) is 16.9 Å². The maximum absolute atomic E-state index is 12.8. The van der Waals surface area contributed by atoms with E-state index >= 15 is 0 Å². The Labute approximate surface area is 184 Å². The van der Waals surface area contributed by atoms with Crippen LogP contribution in [0.5, 0.6) is 23.0 Å². The lowest BCUT2D eigenvalue weighted by Gasteiger charge is -2.27. The van der Waals surface area contributed by atoms with Gasteiger partial charge in [0, 0.05) is 25.5 Å². The molecule has 166 valence electrons. The molecule has 0 spiro atoms. The number of nitrogens with zero attached hydrogens (tertiary/aromatic N) is 3. The standard InChI is InChI=1S/C23H23N3O6/c1-14(15-3-5-17-19(11-15)29-10-9-28-17)26(2)22(27)8-7-21-24-25-23(32-21)16-4-6-18-20(12-16)31-13-30-18/h3-6,11-12,14H,7-10,13H2,1-2H3/t14-/m0/s1. The van der Waals surface area contributed by atoms with Crippen LogP contribution in [0.1, 0.15) is 30.8 Å². The number of aryl methyl sites for hydroxylation is 1. The first kappa shape index (κ1) is 20.2. The van der Waals surface area contributed by atoms with Crippen molar-refractivity contribution in [2.24, 2.45) is 0 Å². The molecule has 5 rings (SSSR count). The fourth-order valence-electron chi connectivity index (χ4n) is 3.65. The van der Waals surface area contributed by atoms with E-state index in [4.69, 9.17) is 23.4 Å². The van der Waals surface area contributed by atoms with E-state index in [1.807, 2.05) is 31.2 Å². The zero-order valence-corrected chi connectivity index (χ0v) is 17.9. The number of ether oxygens (including phenoxy) is 4. The van der Waals surface area contributed by atoms with E-state index in [0.29, 0.717) is 48.7 Å². The highest BCUT2D eigenvalue weighted by atomic mass is 16.7. The predicted octanol–water partition coefficient (Wildman–Crippen LogP) is 3.39. The van der Waals surface area contributed by atoms with Gasteiger partial charge in [-0.3, -0.25) is 4.79 Å². The van der Waals surface area contributed by atoms with Crippen LogP contribution < -0.4 is 18.9 Å². The Balaban J connectivity index is 1.20. The molecule has 9 heteroatoms. The molecule has 0 saturated heterocycles. The number of fused-ring (bicyclic) bond motifs is 2. The Kier molecular flexibility index (Phi) is 5.30. The molecule has 0 N–H and O–H groups in total. The van der Waals surface area contributed by atoms with Gasteiger partial charge in [-0.25, -0.2) is 0 Å². The molecule has 0 aliphatic carbocycles. The minimum Gasteiger partial charge on any atom is -0.486 e. The number of carbonyl (C=O) groups excluding carboxylic acids is 1. The summed E-state index contributed by atoms with van der Waals surface area (Å²) in [6.45, 7) is 3.26. The first-order valence-corrected chi connectivity index (χ1v) is 10.5. The molecule has 2 aliphatic heterocycles. The van der Waals surface area contributed by atoms with E-state index in [-0.39, 0.29) is 25.2 Å². The van der Waals surface area contributed by atoms with Crippen LogP contribution in [-0.2, 0) is 11.2 Å². The van der Waals surface area contributed by atoms with Crippen molar-refractivity contribution in [2.45, 2.75) is 25.8 Å². The maximum Gasteiger partial charge on any atom is 0.247 e. The van der Waals surface area contributed by atoms with Gasteiger partial charge in [-0.2, -0.15) is 0 Å². The topological polar surface area (TPSA) is 96.2 Å². The SMILES string of the molecule is C[C@@H](c1ccc2c(c1)OCCO2)N(C)C(=O)CCc1nnc(-c2ccc3c(c2)OCO3)o1. The van der Waals surface area contributed by atoms with Crippen LogP contribution in [0.15, 0.2) is 40.8 Å². The molecule has 2 aliphatic rings. The fraction of sp³-hybridized carbons (Fsp3) is 0.348. The largest absolute Gasteiger partial charge is 0.486 e. The average Bonchev–Trinajstić information content (AvgIpc) is 3.50. The van der Waals surface area contributed by atoms with Crippen LogP contribution >= 0.6 is 0 Å². The lowest BCUT2D eigenvalue weighted by molar-refractivity contribution is -0.131. The molecule has 1 amide bonds. The van der Waals surface area contributed by atoms with E-state index in [1.165, 1.54) is 0 Å². The number of rotatable bonds is 6. The Hall–Kier alpha value is -3.75. The summed E-state index contributed by atoms with van der Waals surface area (Å²) < 4.78 is 27.7. The molecule has 9 nitrogen and oxygen atoms in total. The van der Waals surface area contributed by atoms with Gasteiger partial charge >= 0.3 is 0 Å². The molecule has 0 radical (unpaired) electrons. The van der Waals surface area contributed by atoms with Gasteiger partial charge in [-0.05, 0) is 42.8 Å².